The highest BCUT2D eigenvalue weighted by molar-refractivity contribution is 7.99. The van der Waals surface area contributed by atoms with Gasteiger partial charge in [0.05, 0.1) is 0 Å². The SMILES string of the molecule is CC(CCC(=O)NC=O)N1Cc2c(SCCCCCCN(C)C)cccc2C1=O. The summed E-state index contributed by atoms with van der Waals surface area (Å²) in [5.74, 6) is 0.792. The second-order valence-electron chi connectivity index (χ2n) is 7.85. The first-order chi connectivity index (χ1) is 13.9. The molecule has 1 aromatic rings. The molecule has 160 valence electrons. The van der Waals surface area contributed by atoms with E-state index in [1.54, 1.807) is 0 Å². The molecule has 0 spiro atoms. The number of amides is 3. The summed E-state index contributed by atoms with van der Waals surface area (Å²) < 4.78 is 0. The number of rotatable bonds is 13. The van der Waals surface area contributed by atoms with Gasteiger partial charge in [0.2, 0.25) is 12.3 Å². The number of nitrogens with one attached hydrogen (secondary N) is 1. The van der Waals surface area contributed by atoms with Gasteiger partial charge in [-0.05, 0) is 70.3 Å². The quantitative estimate of drug-likeness (QED) is 0.302. The van der Waals surface area contributed by atoms with Gasteiger partial charge in [-0.1, -0.05) is 18.9 Å². The normalized spacial score (nSPS) is 14.2. The fraction of sp³-hybridized carbons (Fsp3) is 0.591. The van der Waals surface area contributed by atoms with Crippen LogP contribution in [0.25, 0.3) is 0 Å². The van der Waals surface area contributed by atoms with E-state index in [0.717, 1.165) is 23.4 Å². The summed E-state index contributed by atoms with van der Waals surface area (Å²) in [6, 6.07) is 5.91. The van der Waals surface area contributed by atoms with Crippen molar-refractivity contribution < 1.29 is 14.4 Å². The minimum absolute atomic E-state index is 0.0365. The van der Waals surface area contributed by atoms with Gasteiger partial charge < -0.3 is 9.80 Å². The number of nitrogens with zero attached hydrogens (tertiary/aromatic N) is 2. The molecule has 1 aliphatic rings. The zero-order chi connectivity index (χ0) is 21.2. The van der Waals surface area contributed by atoms with Gasteiger partial charge in [0.1, 0.15) is 0 Å². The third kappa shape index (κ3) is 7.16. The van der Waals surface area contributed by atoms with Crippen molar-refractivity contribution in [2.45, 2.75) is 62.9 Å². The van der Waals surface area contributed by atoms with Crippen LogP contribution in [0, 0.1) is 0 Å². The number of hydrogen-bond donors (Lipinski definition) is 1. The minimum Gasteiger partial charge on any atom is -0.332 e. The van der Waals surface area contributed by atoms with Gasteiger partial charge in [0.25, 0.3) is 5.91 Å². The standard InChI is InChI=1S/C22H33N3O3S/c1-17(11-12-21(27)23-16-26)25-15-19-18(22(25)28)9-8-10-20(19)29-14-7-5-4-6-13-24(2)3/h8-10,16-17H,4-7,11-15H2,1-3H3,(H,23,26,27). The Hall–Kier alpha value is -1.86. The first kappa shape index (κ1) is 23.4. The van der Waals surface area contributed by atoms with Crippen molar-refractivity contribution in [1.29, 1.82) is 0 Å². The largest absolute Gasteiger partial charge is 0.332 e. The molecule has 1 heterocycles. The molecule has 0 saturated heterocycles. The fourth-order valence-corrected chi connectivity index (χ4v) is 4.61. The van der Waals surface area contributed by atoms with Crippen LogP contribution in [-0.2, 0) is 16.1 Å². The van der Waals surface area contributed by atoms with Crippen molar-refractivity contribution >= 4 is 30.0 Å². The maximum absolute atomic E-state index is 12.8. The molecule has 0 aromatic heterocycles. The Kier molecular flexibility index (Phi) is 9.67. The van der Waals surface area contributed by atoms with Crippen molar-refractivity contribution in [3.8, 4) is 0 Å². The first-order valence-corrected chi connectivity index (χ1v) is 11.4. The van der Waals surface area contributed by atoms with Crippen LogP contribution in [0.15, 0.2) is 23.1 Å². The predicted molar refractivity (Wildman–Crippen MR) is 117 cm³/mol. The van der Waals surface area contributed by atoms with Crippen LogP contribution >= 0.6 is 11.8 Å². The third-order valence-corrected chi connectivity index (χ3v) is 6.44. The predicted octanol–water partition coefficient (Wildman–Crippen LogP) is 3.30. The van der Waals surface area contributed by atoms with Gasteiger partial charge in [-0.15, -0.1) is 11.8 Å². The molecule has 0 aliphatic carbocycles. The average molecular weight is 420 g/mol. The molecule has 7 heteroatoms. The molecular formula is C22H33N3O3S. The number of imide groups is 1. The monoisotopic (exact) mass is 419 g/mol. The maximum atomic E-state index is 12.8. The molecule has 0 bridgehead atoms. The Morgan fingerprint density at radius 1 is 1.28 bits per heavy atom. The van der Waals surface area contributed by atoms with E-state index < -0.39 is 0 Å². The molecule has 0 radical (unpaired) electrons. The highest BCUT2D eigenvalue weighted by Gasteiger charge is 2.32. The summed E-state index contributed by atoms with van der Waals surface area (Å²) in [5, 5.41) is 2.15. The van der Waals surface area contributed by atoms with Crippen molar-refractivity contribution in [1.82, 2.24) is 15.1 Å². The van der Waals surface area contributed by atoms with Crippen molar-refractivity contribution in [3.05, 3.63) is 29.3 Å². The molecule has 0 fully saturated rings. The van der Waals surface area contributed by atoms with E-state index in [1.807, 2.05) is 35.7 Å². The average Bonchev–Trinajstić information content (AvgIpc) is 3.03. The second-order valence-corrected chi connectivity index (χ2v) is 8.99. The third-order valence-electron chi connectivity index (χ3n) is 5.25. The van der Waals surface area contributed by atoms with Gasteiger partial charge in [0.15, 0.2) is 0 Å². The van der Waals surface area contributed by atoms with Crippen LogP contribution in [0.4, 0.5) is 0 Å². The van der Waals surface area contributed by atoms with Crippen molar-refractivity contribution in [2.75, 3.05) is 26.4 Å². The molecule has 0 saturated carbocycles. The lowest BCUT2D eigenvalue weighted by Crippen LogP contribution is -2.34. The lowest BCUT2D eigenvalue weighted by Gasteiger charge is -2.24. The molecule has 6 nitrogen and oxygen atoms in total. The number of thioether (sulfide) groups is 1. The van der Waals surface area contributed by atoms with Gasteiger partial charge in [-0.2, -0.15) is 0 Å². The summed E-state index contributed by atoms with van der Waals surface area (Å²) in [4.78, 5) is 39.9. The number of benzene rings is 1. The molecule has 1 unspecified atom stereocenters. The van der Waals surface area contributed by atoms with Gasteiger partial charge in [0, 0.05) is 29.5 Å². The minimum atomic E-state index is -0.308. The summed E-state index contributed by atoms with van der Waals surface area (Å²) in [6.07, 6.45) is 6.08. The zero-order valence-electron chi connectivity index (χ0n) is 17.8. The van der Waals surface area contributed by atoms with Crippen LogP contribution in [0.5, 0.6) is 0 Å². The number of carbonyl (C=O) groups is 3. The van der Waals surface area contributed by atoms with Gasteiger partial charge in [-0.3, -0.25) is 19.7 Å². The van der Waals surface area contributed by atoms with Crippen LogP contribution in [0.1, 0.15) is 61.4 Å². The summed E-state index contributed by atoms with van der Waals surface area (Å²) in [5.41, 5.74) is 1.89. The topological polar surface area (TPSA) is 69.7 Å². The Balaban J connectivity index is 1.84. The molecule has 29 heavy (non-hydrogen) atoms. The lowest BCUT2D eigenvalue weighted by atomic mass is 10.1. The van der Waals surface area contributed by atoms with E-state index in [4.69, 9.17) is 0 Å². The fourth-order valence-electron chi connectivity index (χ4n) is 3.52. The number of hydrogen-bond acceptors (Lipinski definition) is 5. The van der Waals surface area contributed by atoms with E-state index >= 15 is 0 Å². The van der Waals surface area contributed by atoms with E-state index in [0.29, 0.717) is 19.4 Å². The number of carbonyl (C=O) groups excluding carboxylic acids is 3. The van der Waals surface area contributed by atoms with Gasteiger partial charge in [-0.25, -0.2) is 0 Å². The summed E-state index contributed by atoms with van der Waals surface area (Å²) >= 11 is 1.84. The maximum Gasteiger partial charge on any atom is 0.254 e. The van der Waals surface area contributed by atoms with Gasteiger partial charge >= 0.3 is 0 Å². The van der Waals surface area contributed by atoms with E-state index in [9.17, 15) is 14.4 Å². The first-order valence-electron chi connectivity index (χ1n) is 10.4. The molecule has 1 aliphatic heterocycles. The van der Waals surface area contributed by atoms with Crippen LogP contribution < -0.4 is 5.32 Å². The molecule has 3 amide bonds. The van der Waals surface area contributed by atoms with E-state index in [1.165, 1.54) is 30.6 Å². The molecule has 2 rings (SSSR count). The molecule has 1 N–H and O–H groups in total. The van der Waals surface area contributed by atoms with E-state index in [-0.39, 0.29) is 24.3 Å². The number of unbranched alkanes of at least 4 members (excludes halogenated alkanes) is 3. The zero-order valence-corrected chi connectivity index (χ0v) is 18.6. The highest BCUT2D eigenvalue weighted by Crippen LogP contribution is 2.34. The summed E-state index contributed by atoms with van der Waals surface area (Å²) in [6.45, 7) is 3.70. The van der Waals surface area contributed by atoms with Crippen molar-refractivity contribution in [3.63, 3.8) is 0 Å². The number of fused-ring (bicyclic) bond motifs is 1. The molecular weight excluding hydrogens is 386 g/mol. The Morgan fingerprint density at radius 2 is 2.03 bits per heavy atom. The highest BCUT2D eigenvalue weighted by atomic mass is 32.2. The summed E-state index contributed by atoms with van der Waals surface area (Å²) in [7, 11) is 4.22. The van der Waals surface area contributed by atoms with Crippen LogP contribution in [0.3, 0.4) is 0 Å². The van der Waals surface area contributed by atoms with Crippen LogP contribution in [0.2, 0.25) is 0 Å². The van der Waals surface area contributed by atoms with Crippen LogP contribution in [-0.4, -0.2) is 60.5 Å². The molecule has 1 atom stereocenters. The van der Waals surface area contributed by atoms with E-state index in [2.05, 4.69) is 30.4 Å². The Morgan fingerprint density at radius 3 is 2.76 bits per heavy atom. The van der Waals surface area contributed by atoms with Crippen molar-refractivity contribution in [2.24, 2.45) is 0 Å². The lowest BCUT2D eigenvalue weighted by molar-refractivity contribution is -0.125. The Labute approximate surface area is 178 Å². The Bertz CT molecular complexity index is 709. The smallest absolute Gasteiger partial charge is 0.254 e. The molecule has 1 aromatic carbocycles. The second kappa shape index (κ2) is 12.0.